The fraction of sp³-hybridized carbons (Fsp3) is 0.364. The van der Waals surface area contributed by atoms with Crippen molar-refractivity contribution < 1.29 is 17.9 Å². The topological polar surface area (TPSA) is 81.0 Å². The molecule has 164 valence electrons. The van der Waals surface area contributed by atoms with Crippen molar-refractivity contribution in [3.05, 3.63) is 52.8 Å². The molecule has 1 aliphatic heterocycles. The molecule has 0 aliphatic carbocycles. The van der Waals surface area contributed by atoms with Crippen LogP contribution in [0.3, 0.4) is 0 Å². The Kier molecular flexibility index (Phi) is 6.00. The third-order valence-electron chi connectivity index (χ3n) is 5.41. The van der Waals surface area contributed by atoms with Crippen LogP contribution >= 0.6 is 11.3 Å². The largest absolute Gasteiger partial charge is 0.492 e. The smallest absolute Gasteiger partial charge is 0.266 e. The Hall–Kier alpha value is -2.49. The highest BCUT2D eigenvalue weighted by atomic mass is 32.2. The number of hydrogen-bond acceptors (Lipinski definition) is 5. The van der Waals surface area contributed by atoms with Crippen LogP contribution in [-0.4, -0.2) is 42.4 Å². The van der Waals surface area contributed by atoms with Crippen molar-refractivity contribution in [1.82, 2.24) is 8.87 Å². The molecule has 0 N–H and O–H groups in total. The van der Waals surface area contributed by atoms with Gasteiger partial charge < -0.3 is 9.30 Å². The van der Waals surface area contributed by atoms with E-state index < -0.39 is 22.0 Å². The maximum Gasteiger partial charge on any atom is 0.266 e. The lowest BCUT2D eigenvalue weighted by Crippen LogP contribution is -2.40. The Labute approximate surface area is 185 Å². The summed E-state index contributed by atoms with van der Waals surface area (Å²) < 4.78 is 36.1. The lowest BCUT2D eigenvalue weighted by Gasteiger charge is -2.21. The van der Waals surface area contributed by atoms with Gasteiger partial charge in [0.05, 0.1) is 16.2 Å². The number of thiazole rings is 1. The Morgan fingerprint density at radius 1 is 1.23 bits per heavy atom. The van der Waals surface area contributed by atoms with E-state index in [4.69, 9.17) is 4.74 Å². The molecule has 1 aliphatic rings. The Morgan fingerprint density at radius 2 is 1.97 bits per heavy atom. The van der Waals surface area contributed by atoms with Crippen molar-refractivity contribution in [2.24, 2.45) is 12.0 Å². The number of ether oxygens (including phenoxy) is 1. The fourth-order valence-corrected chi connectivity index (χ4v) is 6.53. The molecule has 1 saturated heterocycles. The van der Waals surface area contributed by atoms with Gasteiger partial charge in [0, 0.05) is 13.6 Å². The van der Waals surface area contributed by atoms with Crippen molar-refractivity contribution in [1.29, 1.82) is 0 Å². The Balaban J connectivity index is 1.69. The molecular weight excluding hydrogens is 434 g/mol. The molecule has 0 radical (unpaired) electrons. The van der Waals surface area contributed by atoms with E-state index in [0.29, 0.717) is 30.8 Å². The summed E-state index contributed by atoms with van der Waals surface area (Å²) in [6.45, 7) is 4.67. The minimum Gasteiger partial charge on any atom is -0.492 e. The second kappa shape index (κ2) is 8.57. The summed E-state index contributed by atoms with van der Waals surface area (Å²) in [5, 5.41) is 0. The second-order valence-corrected chi connectivity index (χ2v) is 10.4. The molecule has 7 nitrogen and oxygen atoms in total. The zero-order valence-electron chi connectivity index (χ0n) is 17.7. The predicted octanol–water partition coefficient (Wildman–Crippen LogP) is 3.23. The zero-order chi connectivity index (χ0) is 22.2. The third-order valence-corrected chi connectivity index (χ3v) is 8.43. The van der Waals surface area contributed by atoms with Crippen LogP contribution in [0.4, 0.5) is 0 Å². The maximum absolute atomic E-state index is 13.2. The number of benzene rings is 2. The number of nitrogens with zero attached hydrogens (tertiary/aromatic N) is 3. The first kappa shape index (κ1) is 21.7. The molecule has 0 spiro atoms. The van der Waals surface area contributed by atoms with Crippen LogP contribution in [-0.2, 0) is 21.9 Å². The first-order chi connectivity index (χ1) is 14.8. The summed E-state index contributed by atoms with van der Waals surface area (Å²) in [5.41, 5.74) is 1.85. The highest BCUT2D eigenvalue weighted by Gasteiger charge is 2.39. The van der Waals surface area contributed by atoms with Crippen LogP contribution in [0.1, 0.15) is 25.3 Å². The minimum atomic E-state index is -3.76. The predicted molar refractivity (Wildman–Crippen MR) is 121 cm³/mol. The summed E-state index contributed by atoms with van der Waals surface area (Å²) in [4.78, 5) is 18.1. The molecule has 31 heavy (non-hydrogen) atoms. The normalized spacial score (nSPS) is 18.0. The van der Waals surface area contributed by atoms with E-state index in [1.807, 2.05) is 43.7 Å². The van der Waals surface area contributed by atoms with Gasteiger partial charge in [-0.3, -0.25) is 4.79 Å². The van der Waals surface area contributed by atoms with E-state index in [0.717, 1.165) is 21.5 Å². The van der Waals surface area contributed by atoms with Crippen LogP contribution in [0, 0.1) is 6.92 Å². The summed E-state index contributed by atoms with van der Waals surface area (Å²) >= 11 is 1.39. The van der Waals surface area contributed by atoms with E-state index in [9.17, 15) is 13.2 Å². The van der Waals surface area contributed by atoms with Crippen LogP contribution < -0.4 is 9.54 Å². The van der Waals surface area contributed by atoms with E-state index >= 15 is 0 Å². The van der Waals surface area contributed by atoms with Crippen molar-refractivity contribution >= 4 is 37.5 Å². The Bertz CT molecular complexity index is 1290. The number of hydrogen-bond donors (Lipinski definition) is 0. The number of aryl methyl sites for hydroxylation is 2. The molecule has 0 saturated carbocycles. The quantitative estimate of drug-likeness (QED) is 0.587. The van der Waals surface area contributed by atoms with E-state index in [-0.39, 0.29) is 4.90 Å². The molecule has 1 atom stereocenters. The second-order valence-electron chi connectivity index (χ2n) is 7.52. The molecule has 1 amide bonds. The standard InChI is InChI=1S/C22H25N3O4S2/c1-4-29-18-8-5-9-19-20(18)24(3)22(30-19)23-21(26)17-7-6-14-25(17)31(27,28)16-12-10-15(2)11-13-16/h5,8-13,17H,4,6-7,14H2,1-3H3. The summed E-state index contributed by atoms with van der Waals surface area (Å²) in [7, 11) is -1.93. The molecule has 2 aromatic carbocycles. The number of para-hydroxylation sites is 1. The maximum atomic E-state index is 13.2. The number of fused-ring (bicyclic) bond motifs is 1. The third kappa shape index (κ3) is 4.05. The average Bonchev–Trinajstić information content (AvgIpc) is 3.35. The van der Waals surface area contributed by atoms with Gasteiger partial charge in [-0.2, -0.15) is 9.30 Å². The van der Waals surface area contributed by atoms with Crippen molar-refractivity contribution in [3.63, 3.8) is 0 Å². The van der Waals surface area contributed by atoms with Gasteiger partial charge in [-0.1, -0.05) is 35.1 Å². The van der Waals surface area contributed by atoms with Crippen molar-refractivity contribution in [2.75, 3.05) is 13.2 Å². The van der Waals surface area contributed by atoms with Crippen LogP contribution in [0.5, 0.6) is 5.75 Å². The van der Waals surface area contributed by atoms with Gasteiger partial charge in [-0.05, 0) is 51.0 Å². The van der Waals surface area contributed by atoms with Gasteiger partial charge >= 0.3 is 0 Å². The monoisotopic (exact) mass is 459 g/mol. The van der Waals surface area contributed by atoms with E-state index in [1.54, 1.807) is 24.3 Å². The first-order valence-electron chi connectivity index (χ1n) is 10.2. The number of rotatable bonds is 5. The van der Waals surface area contributed by atoms with Gasteiger partial charge in [-0.25, -0.2) is 8.42 Å². The molecule has 2 heterocycles. The number of carbonyl (C=O) groups excluding carboxylic acids is 1. The highest BCUT2D eigenvalue weighted by molar-refractivity contribution is 7.89. The van der Waals surface area contributed by atoms with Gasteiger partial charge in [0.1, 0.15) is 17.3 Å². The molecule has 4 rings (SSSR count). The van der Waals surface area contributed by atoms with Crippen LogP contribution in [0.15, 0.2) is 52.4 Å². The van der Waals surface area contributed by atoms with Gasteiger partial charge in [0.2, 0.25) is 10.0 Å². The summed E-state index contributed by atoms with van der Waals surface area (Å²) in [6.07, 6.45) is 1.09. The van der Waals surface area contributed by atoms with Crippen molar-refractivity contribution in [3.8, 4) is 5.75 Å². The van der Waals surface area contributed by atoms with Gasteiger partial charge in [-0.15, -0.1) is 0 Å². The number of sulfonamides is 1. The average molecular weight is 460 g/mol. The minimum absolute atomic E-state index is 0.201. The van der Waals surface area contributed by atoms with E-state index in [2.05, 4.69) is 4.99 Å². The van der Waals surface area contributed by atoms with Crippen LogP contribution in [0.25, 0.3) is 10.2 Å². The molecule has 1 fully saturated rings. The number of amides is 1. The zero-order valence-corrected chi connectivity index (χ0v) is 19.4. The number of aromatic nitrogens is 1. The van der Waals surface area contributed by atoms with E-state index in [1.165, 1.54) is 15.6 Å². The summed E-state index contributed by atoms with van der Waals surface area (Å²) in [5.74, 6) is 0.297. The van der Waals surface area contributed by atoms with Gasteiger partial charge in [0.15, 0.2) is 4.80 Å². The molecule has 0 bridgehead atoms. The molecule has 9 heteroatoms. The summed E-state index contributed by atoms with van der Waals surface area (Å²) in [6, 6.07) is 11.7. The molecular formula is C22H25N3O4S2. The highest BCUT2D eigenvalue weighted by Crippen LogP contribution is 2.28. The SMILES string of the molecule is CCOc1cccc2sc(=NC(=O)C3CCCN3S(=O)(=O)c3ccc(C)cc3)n(C)c12. The number of carbonyl (C=O) groups is 1. The molecule has 1 unspecified atom stereocenters. The lowest BCUT2D eigenvalue weighted by molar-refractivity contribution is -0.121. The first-order valence-corrected chi connectivity index (χ1v) is 12.5. The van der Waals surface area contributed by atoms with Crippen molar-refractivity contribution in [2.45, 2.75) is 37.6 Å². The molecule has 1 aromatic heterocycles. The fourth-order valence-electron chi connectivity index (χ4n) is 3.84. The van der Waals surface area contributed by atoms with Gasteiger partial charge in [0.25, 0.3) is 5.91 Å². The lowest BCUT2D eigenvalue weighted by atomic mass is 10.2. The Morgan fingerprint density at radius 3 is 2.68 bits per heavy atom. The van der Waals surface area contributed by atoms with Crippen LogP contribution in [0.2, 0.25) is 0 Å². The molecule has 3 aromatic rings.